The van der Waals surface area contributed by atoms with Crippen LogP contribution in [0, 0.1) is 5.82 Å². The predicted molar refractivity (Wildman–Crippen MR) is 86.1 cm³/mol. The van der Waals surface area contributed by atoms with Crippen LogP contribution in [0.2, 0.25) is 0 Å². The van der Waals surface area contributed by atoms with Crippen LogP contribution in [0.5, 0.6) is 0 Å². The van der Waals surface area contributed by atoms with E-state index in [0.29, 0.717) is 5.56 Å². The summed E-state index contributed by atoms with van der Waals surface area (Å²) < 4.78 is 14.6. The van der Waals surface area contributed by atoms with Gasteiger partial charge in [0.05, 0.1) is 17.4 Å². The zero-order chi connectivity index (χ0) is 16.4. The lowest BCUT2D eigenvalue weighted by atomic mass is 10.2. The molecule has 1 amide bonds. The monoisotopic (exact) mass is 316 g/mol. The third-order valence-corrected chi connectivity index (χ3v) is 4.36. The Kier molecular flexibility index (Phi) is 4.43. The SMILES string of the molecule is CC1CCN(C)CCN1C(=O)c1cnn(-c2ccc(F)cc2)c1. The van der Waals surface area contributed by atoms with Crippen molar-refractivity contribution in [3.8, 4) is 5.69 Å². The molecule has 1 fully saturated rings. The van der Waals surface area contributed by atoms with Crippen LogP contribution in [-0.4, -0.2) is 58.2 Å². The van der Waals surface area contributed by atoms with E-state index >= 15 is 0 Å². The van der Waals surface area contributed by atoms with Crippen LogP contribution in [0.25, 0.3) is 5.69 Å². The quantitative estimate of drug-likeness (QED) is 0.853. The summed E-state index contributed by atoms with van der Waals surface area (Å²) in [4.78, 5) is 16.9. The minimum absolute atomic E-state index is 0.00108. The summed E-state index contributed by atoms with van der Waals surface area (Å²) in [7, 11) is 2.08. The number of likely N-dealkylation sites (N-methyl/N-ethyl adjacent to an activating group) is 1. The Morgan fingerprint density at radius 1 is 1.22 bits per heavy atom. The van der Waals surface area contributed by atoms with Crippen molar-refractivity contribution in [3.05, 3.63) is 48.0 Å². The molecule has 0 N–H and O–H groups in total. The Labute approximate surface area is 135 Å². The summed E-state index contributed by atoms with van der Waals surface area (Å²) in [6, 6.07) is 6.25. The normalized spacial score (nSPS) is 19.6. The number of hydrogen-bond acceptors (Lipinski definition) is 3. The second-order valence-corrected chi connectivity index (χ2v) is 6.09. The summed E-state index contributed by atoms with van der Waals surface area (Å²) in [6.45, 7) is 4.68. The van der Waals surface area contributed by atoms with E-state index in [1.165, 1.54) is 12.1 Å². The average molecular weight is 316 g/mol. The van der Waals surface area contributed by atoms with Gasteiger partial charge in [-0.05, 0) is 51.2 Å². The summed E-state index contributed by atoms with van der Waals surface area (Å²) in [5, 5.41) is 4.23. The standard InChI is InChI=1S/C17H21FN4O/c1-13-7-8-20(2)9-10-21(13)17(23)14-11-19-22(12-14)16-5-3-15(18)4-6-16/h3-6,11-13H,7-10H2,1-2H3. The number of halogens is 1. The molecule has 1 aromatic heterocycles. The number of carbonyl (C=O) groups excluding carboxylic acids is 1. The van der Waals surface area contributed by atoms with Crippen molar-refractivity contribution in [3.63, 3.8) is 0 Å². The molecule has 0 radical (unpaired) electrons. The summed E-state index contributed by atoms with van der Waals surface area (Å²) in [5.74, 6) is -0.291. The van der Waals surface area contributed by atoms with E-state index in [2.05, 4.69) is 24.0 Å². The smallest absolute Gasteiger partial charge is 0.257 e. The van der Waals surface area contributed by atoms with E-state index in [1.54, 1.807) is 29.2 Å². The third-order valence-electron chi connectivity index (χ3n) is 4.36. The van der Waals surface area contributed by atoms with Crippen molar-refractivity contribution >= 4 is 5.91 Å². The molecule has 0 saturated carbocycles. The summed E-state index contributed by atoms with van der Waals surface area (Å²) in [6.07, 6.45) is 4.25. The highest BCUT2D eigenvalue weighted by Crippen LogP contribution is 2.15. The minimum atomic E-state index is -0.292. The molecule has 0 bridgehead atoms. The van der Waals surface area contributed by atoms with Gasteiger partial charge < -0.3 is 9.80 Å². The highest BCUT2D eigenvalue weighted by molar-refractivity contribution is 5.94. The van der Waals surface area contributed by atoms with E-state index in [-0.39, 0.29) is 17.8 Å². The van der Waals surface area contributed by atoms with Crippen LogP contribution in [-0.2, 0) is 0 Å². The van der Waals surface area contributed by atoms with Crippen molar-refractivity contribution in [2.24, 2.45) is 0 Å². The number of amides is 1. The maximum absolute atomic E-state index is 13.0. The van der Waals surface area contributed by atoms with Gasteiger partial charge >= 0.3 is 0 Å². The molecule has 1 saturated heterocycles. The highest BCUT2D eigenvalue weighted by atomic mass is 19.1. The fourth-order valence-corrected chi connectivity index (χ4v) is 2.81. The lowest BCUT2D eigenvalue weighted by molar-refractivity contribution is 0.0702. The molecule has 122 valence electrons. The molecule has 1 aliphatic heterocycles. The molecule has 2 aromatic rings. The number of nitrogens with zero attached hydrogens (tertiary/aromatic N) is 4. The van der Waals surface area contributed by atoms with Crippen molar-refractivity contribution < 1.29 is 9.18 Å². The van der Waals surface area contributed by atoms with Crippen molar-refractivity contribution in [1.29, 1.82) is 0 Å². The molecule has 1 aliphatic rings. The third kappa shape index (κ3) is 3.42. The zero-order valence-electron chi connectivity index (χ0n) is 13.4. The lowest BCUT2D eigenvalue weighted by Crippen LogP contribution is -2.39. The highest BCUT2D eigenvalue weighted by Gasteiger charge is 2.25. The topological polar surface area (TPSA) is 41.4 Å². The Hall–Kier alpha value is -2.21. The van der Waals surface area contributed by atoms with Gasteiger partial charge in [-0.1, -0.05) is 0 Å². The first-order valence-corrected chi connectivity index (χ1v) is 7.85. The molecule has 5 nitrogen and oxygen atoms in total. The van der Waals surface area contributed by atoms with Gasteiger partial charge in [0, 0.05) is 25.3 Å². The summed E-state index contributed by atoms with van der Waals surface area (Å²) in [5.41, 5.74) is 1.29. The number of benzene rings is 1. The summed E-state index contributed by atoms with van der Waals surface area (Å²) >= 11 is 0. The molecular formula is C17H21FN4O. The van der Waals surface area contributed by atoms with Crippen LogP contribution in [0.4, 0.5) is 4.39 Å². The van der Waals surface area contributed by atoms with E-state index in [9.17, 15) is 9.18 Å². The molecule has 1 unspecified atom stereocenters. The first-order chi connectivity index (χ1) is 11.0. The maximum atomic E-state index is 13.0. The van der Waals surface area contributed by atoms with Crippen LogP contribution in [0.3, 0.4) is 0 Å². The molecular weight excluding hydrogens is 295 g/mol. The van der Waals surface area contributed by atoms with Gasteiger partial charge in [-0.15, -0.1) is 0 Å². The van der Waals surface area contributed by atoms with Crippen molar-refractivity contribution in [1.82, 2.24) is 19.6 Å². The van der Waals surface area contributed by atoms with E-state index < -0.39 is 0 Å². The molecule has 1 atom stereocenters. The van der Waals surface area contributed by atoms with E-state index in [4.69, 9.17) is 0 Å². The van der Waals surface area contributed by atoms with Crippen molar-refractivity contribution in [2.45, 2.75) is 19.4 Å². The Morgan fingerprint density at radius 3 is 2.70 bits per heavy atom. The van der Waals surface area contributed by atoms with Gasteiger partial charge in [-0.2, -0.15) is 5.10 Å². The number of aromatic nitrogens is 2. The van der Waals surface area contributed by atoms with Gasteiger partial charge in [0.15, 0.2) is 0 Å². The molecule has 0 aliphatic carbocycles. The number of hydrogen-bond donors (Lipinski definition) is 0. The van der Waals surface area contributed by atoms with Crippen LogP contribution in [0.15, 0.2) is 36.7 Å². The predicted octanol–water partition coefficient (Wildman–Crippen LogP) is 2.18. The van der Waals surface area contributed by atoms with E-state index in [1.807, 2.05) is 4.90 Å². The van der Waals surface area contributed by atoms with Gasteiger partial charge in [0.1, 0.15) is 5.82 Å². The molecule has 23 heavy (non-hydrogen) atoms. The Balaban J connectivity index is 1.79. The molecule has 0 spiro atoms. The van der Waals surface area contributed by atoms with Gasteiger partial charge in [0.2, 0.25) is 0 Å². The lowest BCUT2D eigenvalue weighted by Gasteiger charge is -2.26. The van der Waals surface area contributed by atoms with Gasteiger partial charge in [-0.25, -0.2) is 9.07 Å². The van der Waals surface area contributed by atoms with Crippen LogP contribution in [0.1, 0.15) is 23.7 Å². The fraction of sp³-hybridized carbons (Fsp3) is 0.412. The van der Waals surface area contributed by atoms with Crippen LogP contribution < -0.4 is 0 Å². The molecule has 6 heteroatoms. The first-order valence-electron chi connectivity index (χ1n) is 7.85. The molecule has 2 heterocycles. The fourth-order valence-electron chi connectivity index (χ4n) is 2.81. The Bertz CT molecular complexity index is 682. The molecule has 1 aromatic carbocycles. The van der Waals surface area contributed by atoms with Crippen LogP contribution >= 0.6 is 0 Å². The average Bonchev–Trinajstić information content (AvgIpc) is 2.97. The van der Waals surface area contributed by atoms with Gasteiger partial charge in [0.25, 0.3) is 5.91 Å². The second kappa shape index (κ2) is 6.50. The first kappa shape index (κ1) is 15.7. The number of rotatable bonds is 2. The minimum Gasteiger partial charge on any atom is -0.335 e. The zero-order valence-corrected chi connectivity index (χ0v) is 13.4. The largest absolute Gasteiger partial charge is 0.335 e. The Morgan fingerprint density at radius 2 is 1.96 bits per heavy atom. The van der Waals surface area contributed by atoms with Crippen molar-refractivity contribution in [2.75, 3.05) is 26.7 Å². The van der Waals surface area contributed by atoms with Gasteiger partial charge in [-0.3, -0.25) is 4.79 Å². The second-order valence-electron chi connectivity index (χ2n) is 6.09. The van der Waals surface area contributed by atoms with E-state index in [0.717, 1.165) is 31.7 Å². The molecule has 3 rings (SSSR count). The maximum Gasteiger partial charge on any atom is 0.257 e. The number of carbonyl (C=O) groups is 1.